The molecule has 2 atom stereocenters. The molecule has 4 aromatic carbocycles. The van der Waals surface area contributed by atoms with Crippen molar-refractivity contribution in [2.75, 3.05) is 32.1 Å². The highest BCUT2D eigenvalue weighted by Gasteiger charge is 2.27. The van der Waals surface area contributed by atoms with Crippen LogP contribution in [-0.4, -0.2) is 44.1 Å². The standard InChI is InChI=1S/C30H31N3O2.ClH/c1-21(26-15-9-11-22-10-4-5-14-27(22)26)31-19-25-20-33(28-16-6-7-17-29(28)35-25)24-13-8-12-23(18-24)30(34)32(2)3;/h4-18,21,25,31H,19-20H2,1-3H3;1H/t21-,25?;/m1./s1. The van der Waals surface area contributed by atoms with Gasteiger partial charge in [0.2, 0.25) is 0 Å². The number of amides is 1. The van der Waals surface area contributed by atoms with Gasteiger partial charge in [-0.1, -0.05) is 60.7 Å². The smallest absolute Gasteiger partial charge is 0.253 e. The van der Waals surface area contributed by atoms with Crippen LogP contribution in [0.4, 0.5) is 11.4 Å². The number of rotatable bonds is 6. The fourth-order valence-corrected chi connectivity index (χ4v) is 4.76. The Hall–Kier alpha value is -3.54. The maximum absolute atomic E-state index is 12.6. The summed E-state index contributed by atoms with van der Waals surface area (Å²) in [4.78, 5) is 16.4. The molecule has 1 aliphatic rings. The molecule has 1 heterocycles. The minimum absolute atomic E-state index is 0. The van der Waals surface area contributed by atoms with Crippen molar-refractivity contribution in [3.63, 3.8) is 0 Å². The van der Waals surface area contributed by atoms with Gasteiger partial charge in [0.25, 0.3) is 5.91 Å². The van der Waals surface area contributed by atoms with Crippen molar-refractivity contribution in [1.82, 2.24) is 10.2 Å². The molecule has 186 valence electrons. The van der Waals surface area contributed by atoms with E-state index >= 15 is 0 Å². The number of nitrogens with zero attached hydrogens (tertiary/aromatic N) is 2. The molecule has 0 aromatic heterocycles. The molecule has 0 fully saturated rings. The van der Waals surface area contributed by atoms with Crippen LogP contribution < -0.4 is 15.0 Å². The van der Waals surface area contributed by atoms with Gasteiger partial charge in [-0.25, -0.2) is 0 Å². The van der Waals surface area contributed by atoms with Crippen molar-refractivity contribution >= 4 is 40.5 Å². The Morgan fingerprint density at radius 1 is 1.00 bits per heavy atom. The second kappa shape index (κ2) is 11.0. The van der Waals surface area contributed by atoms with E-state index in [1.54, 1.807) is 19.0 Å². The van der Waals surface area contributed by atoms with E-state index in [0.717, 1.165) is 17.1 Å². The average molecular weight is 502 g/mol. The van der Waals surface area contributed by atoms with Crippen molar-refractivity contribution in [2.45, 2.75) is 19.1 Å². The van der Waals surface area contributed by atoms with Crippen LogP contribution in [0.5, 0.6) is 5.75 Å². The van der Waals surface area contributed by atoms with Gasteiger partial charge in [0, 0.05) is 37.9 Å². The number of hydrogen-bond acceptors (Lipinski definition) is 4. The van der Waals surface area contributed by atoms with Crippen LogP contribution in [0.2, 0.25) is 0 Å². The van der Waals surface area contributed by atoms with Gasteiger partial charge in [0.1, 0.15) is 11.9 Å². The van der Waals surface area contributed by atoms with Crippen LogP contribution in [-0.2, 0) is 0 Å². The number of para-hydroxylation sites is 2. The van der Waals surface area contributed by atoms with Gasteiger partial charge in [-0.3, -0.25) is 4.79 Å². The number of carbonyl (C=O) groups excluding carboxylic acids is 1. The molecule has 0 saturated carbocycles. The Balaban J connectivity index is 0.00000304. The van der Waals surface area contributed by atoms with E-state index in [9.17, 15) is 4.79 Å². The number of carbonyl (C=O) groups is 1. The Bertz CT molecular complexity index is 1350. The third kappa shape index (κ3) is 5.18. The van der Waals surface area contributed by atoms with Gasteiger partial charge in [0.05, 0.1) is 12.2 Å². The molecule has 6 heteroatoms. The number of ether oxygens (including phenoxy) is 1. The summed E-state index contributed by atoms with van der Waals surface area (Å²) in [6.07, 6.45) is -0.0458. The minimum atomic E-state index is -0.0458. The lowest BCUT2D eigenvalue weighted by molar-refractivity contribution is 0.0827. The highest BCUT2D eigenvalue weighted by atomic mass is 35.5. The molecule has 1 N–H and O–H groups in total. The first kappa shape index (κ1) is 25.5. The van der Waals surface area contributed by atoms with Gasteiger partial charge in [0.15, 0.2) is 0 Å². The van der Waals surface area contributed by atoms with Gasteiger partial charge < -0.3 is 19.9 Å². The Labute approximate surface area is 219 Å². The predicted molar refractivity (Wildman–Crippen MR) is 150 cm³/mol. The van der Waals surface area contributed by atoms with E-state index in [2.05, 4.69) is 71.7 Å². The minimum Gasteiger partial charge on any atom is -0.485 e. The zero-order valence-corrected chi connectivity index (χ0v) is 21.7. The molecule has 0 bridgehead atoms. The summed E-state index contributed by atoms with van der Waals surface area (Å²) in [5.74, 6) is 0.850. The lowest BCUT2D eigenvalue weighted by atomic mass is 9.99. The Morgan fingerprint density at radius 3 is 2.56 bits per heavy atom. The number of halogens is 1. The molecular weight excluding hydrogens is 470 g/mol. The normalized spacial score (nSPS) is 15.4. The first-order valence-electron chi connectivity index (χ1n) is 12.1. The molecule has 0 aliphatic carbocycles. The zero-order valence-electron chi connectivity index (χ0n) is 20.8. The number of hydrogen-bond donors (Lipinski definition) is 1. The van der Waals surface area contributed by atoms with Crippen LogP contribution >= 0.6 is 12.4 Å². The van der Waals surface area contributed by atoms with Gasteiger partial charge in [-0.05, 0) is 53.6 Å². The SMILES string of the molecule is C[C@@H](NCC1CN(c2cccc(C(=O)N(C)C)c2)c2ccccc2O1)c1cccc2ccccc12.Cl. The number of fused-ring (bicyclic) bond motifs is 2. The summed E-state index contributed by atoms with van der Waals surface area (Å²) >= 11 is 0. The van der Waals surface area contributed by atoms with E-state index in [-0.39, 0.29) is 30.5 Å². The molecule has 1 amide bonds. The molecule has 5 rings (SSSR count). The molecule has 5 nitrogen and oxygen atoms in total. The fraction of sp³-hybridized carbons (Fsp3) is 0.233. The topological polar surface area (TPSA) is 44.8 Å². The van der Waals surface area contributed by atoms with E-state index in [0.29, 0.717) is 18.7 Å². The first-order chi connectivity index (χ1) is 17.0. The van der Waals surface area contributed by atoms with Gasteiger partial charge in [-0.2, -0.15) is 0 Å². The highest BCUT2D eigenvalue weighted by Crippen LogP contribution is 2.38. The second-order valence-corrected chi connectivity index (χ2v) is 9.27. The summed E-state index contributed by atoms with van der Waals surface area (Å²) < 4.78 is 6.39. The summed E-state index contributed by atoms with van der Waals surface area (Å²) in [5, 5.41) is 6.22. The van der Waals surface area contributed by atoms with E-state index in [1.165, 1.54) is 16.3 Å². The molecule has 0 saturated heterocycles. The molecule has 0 radical (unpaired) electrons. The average Bonchev–Trinajstić information content (AvgIpc) is 2.90. The third-order valence-electron chi connectivity index (χ3n) is 6.59. The van der Waals surface area contributed by atoms with Crippen molar-refractivity contribution in [3.8, 4) is 5.75 Å². The molecular formula is C30H32ClN3O2. The van der Waals surface area contributed by atoms with E-state index in [1.807, 2.05) is 36.4 Å². The maximum Gasteiger partial charge on any atom is 0.253 e. The van der Waals surface area contributed by atoms with Crippen LogP contribution in [0, 0.1) is 0 Å². The summed E-state index contributed by atoms with van der Waals surface area (Å²) in [6, 6.07) is 31.1. The lowest BCUT2D eigenvalue weighted by Crippen LogP contribution is -2.44. The van der Waals surface area contributed by atoms with Crippen molar-refractivity contribution in [2.24, 2.45) is 0 Å². The number of anilines is 2. The van der Waals surface area contributed by atoms with Crippen LogP contribution in [0.1, 0.15) is 28.9 Å². The van der Waals surface area contributed by atoms with Crippen LogP contribution in [0.3, 0.4) is 0 Å². The molecule has 1 aliphatic heterocycles. The molecule has 1 unspecified atom stereocenters. The predicted octanol–water partition coefficient (Wildman–Crippen LogP) is 6.21. The quantitative estimate of drug-likeness (QED) is 0.341. The second-order valence-electron chi connectivity index (χ2n) is 9.27. The van der Waals surface area contributed by atoms with E-state index < -0.39 is 0 Å². The maximum atomic E-state index is 12.6. The monoisotopic (exact) mass is 501 g/mol. The molecule has 4 aromatic rings. The summed E-state index contributed by atoms with van der Waals surface area (Å²) in [7, 11) is 3.55. The zero-order chi connectivity index (χ0) is 24.4. The van der Waals surface area contributed by atoms with Crippen LogP contribution in [0.15, 0.2) is 91.0 Å². The van der Waals surface area contributed by atoms with Crippen molar-refractivity contribution in [1.29, 1.82) is 0 Å². The van der Waals surface area contributed by atoms with E-state index in [4.69, 9.17) is 4.74 Å². The third-order valence-corrected chi connectivity index (χ3v) is 6.59. The molecule has 36 heavy (non-hydrogen) atoms. The largest absolute Gasteiger partial charge is 0.485 e. The summed E-state index contributed by atoms with van der Waals surface area (Å²) in [6.45, 7) is 3.59. The van der Waals surface area contributed by atoms with Crippen molar-refractivity contribution in [3.05, 3.63) is 102 Å². The molecule has 0 spiro atoms. The summed E-state index contributed by atoms with van der Waals surface area (Å²) in [5.41, 5.74) is 3.96. The number of nitrogens with one attached hydrogen (secondary N) is 1. The lowest BCUT2D eigenvalue weighted by Gasteiger charge is -2.37. The first-order valence-corrected chi connectivity index (χ1v) is 12.1. The highest BCUT2D eigenvalue weighted by molar-refractivity contribution is 5.95. The fourth-order valence-electron chi connectivity index (χ4n) is 4.76. The number of benzene rings is 4. The Morgan fingerprint density at radius 2 is 1.72 bits per heavy atom. The Kier molecular flexibility index (Phi) is 7.82. The van der Waals surface area contributed by atoms with Gasteiger partial charge in [-0.15, -0.1) is 12.4 Å². The van der Waals surface area contributed by atoms with Crippen LogP contribution in [0.25, 0.3) is 10.8 Å². The van der Waals surface area contributed by atoms with Gasteiger partial charge >= 0.3 is 0 Å². The van der Waals surface area contributed by atoms with Crippen molar-refractivity contribution < 1.29 is 9.53 Å².